The number of esters is 1. The van der Waals surface area contributed by atoms with Gasteiger partial charge in [-0.05, 0) is 73.4 Å². The minimum atomic E-state index is -3.79. The fourth-order valence-electron chi connectivity index (χ4n) is 3.74. The molecule has 0 heterocycles. The van der Waals surface area contributed by atoms with Crippen LogP contribution in [0, 0.1) is 6.92 Å². The first-order valence-electron chi connectivity index (χ1n) is 9.68. The van der Waals surface area contributed by atoms with Crippen molar-refractivity contribution >= 4 is 16.0 Å². The number of rotatable bonds is 6. The molecule has 150 valence electrons. The minimum Gasteiger partial charge on any atom is -0.465 e. The number of fused-ring (bicyclic) bond motifs is 1. The molecule has 0 fully saturated rings. The molecular formula is C22H27NO4S. The summed E-state index contributed by atoms with van der Waals surface area (Å²) in [7, 11) is -2.52. The van der Waals surface area contributed by atoms with Crippen LogP contribution in [0.25, 0.3) is 0 Å². The van der Waals surface area contributed by atoms with E-state index in [4.69, 9.17) is 4.74 Å². The van der Waals surface area contributed by atoms with Gasteiger partial charge in [0.1, 0.15) is 0 Å². The van der Waals surface area contributed by atoms with Crippen LogP contribution in [0.4, 0.5) is 0 Å². The third-order valence-corrected chi connectivity index (χ3v) is 6.99. The highest BCUT2D eigenvalue weighted by molar-refractivity contribution is 7.89. The second-order valence-electron chi connectivity index (χ2n) is 7.29. The quantitative estimate of drug-likeness (QED) is 0.740. The Morgan fingerprint density at radius 1 is 1.11 bits per heavy atom. The maximum Gasteiger partial charge on any atom is 0.337 e. The predicted octanol–water partition coefficient (Wildman–Crippen LogP) is 4.09. The minimum absolute atomic E-state index is 0.104. The Bertz CT molecular complexity index is 982. The Labute approximate surface area is 167 Å². The van der Waals surface area contributed by atoms with Gasteiger partial charge in [0.25, 0.3) is 0 Å². The largest absolute Gasteiger partial charge is 0.465 e. The van der Waals surface area contributed by atoms with Gasteiger partial charge in [-0.15, -0.1) is 0 Å². The lowest BCUT2D eigenvalue weighted by atomic mass is 9.89. The van der Waals surface area contributed by atoms with Gasteiger partial charge in [-0.1, -0.05) is 31.2 Å². The molecule has 6 heteroatoms. The summed E-state index contributed by atoms with van der Waals surface area (Å²) in [6.07, 6.45) is 5.17. The molecule has 0 amide bonds. The van der Waals surface area contributed by atoms with Crippen LogP contribution < -0.4 is 4.72 Å². The van der Waals surface area contributed by atoms with Crippen molar-refractivity contribution < 1.29 is 17.9 Å². The number of hydrogen-bond acceptors (Lipinski definition) is 4. The van der Waals surface area contributed by atoms with Gasteiger partial charge in [0, 0.05) is 6.04 Å². The number of methoxy groups -OCH3 is 1. The van der Waals surface area contributed by atoms with E-state index in [1.54, 1.807) is 19.1 Å². The van der Waals surface area contributed by atoms with Crippen LogP contribution >= 0.6 is 0 Å². The molecule has 1 atom stereocenters. The first-order chi connectivity index (χ1) is 13.4. The number of aryl methyl sites for hydroxylation is 3. The summed E-state index contributed by atoms with van der Waals surface area (Å²) in [5.74, 6) is -0.557. The first-order valence-corrected chi connectivity index (χ1v) is 11.2. The summed E-state index contributed by atoms with van der Waals surface area (Å²) >= 11 is 0. The molecule has 2 aromatic rings. The third-order valence-electron chi connectivity index (χ3n) is 5.38. The number of ether oxygens (including phenoxy) is 1. The van der Waals surface area contributed by atoms with Crippen LogP contribution in [0.3, 0.4) is 0 Å². The highest BCUT2D eigenvalue weighted by Crippen LogP contribution is 2.28. The van der Waals surface area contributed by atoms with E-state index in [-0.39, 0.29) is 16.5 Å². The Morgan fingerprint density at radius 3 is 2.50 bits per heavy atom. The van der Waals surface area contributed by atoms with Crippen LogP contribution in [0.5, 0.6) is 0 Å². The summed E-state index contributed by atoms with van der Waals surface area (Å²) in [6.45, 7) is 3.68. The number of carbonyl (C=O) groups is 1. The van der Waals surface area contributed by atoms with Gasteiger partial charge in [-0.2, -0.15) is 0 Å². The molecular weight excluding hydrogens is 374 g/mol. The van der Waals surface area contributed by atoms with E-state index in [1.165, 1.54) is 37.1 Å². The van der Waals surface area contributed by atoms with Crippen molar-refractivity contribution in [3.63, 3.8) is 0 Å². The zero-order valence-electron chi connectivity index (χ0n) is 16.6. The van der Waals surface area contributed by atoms with E-state index in [0.29, 0.717) is 12.0 Å². The molecule has 1 aliphatic carbocycles. The Balaban J connectivity index is 1.91. The van der Waals surface area contributed by atoms with Crippen LogP contribution in [0.15, 0.2) is 41.3 Å². The van der Waals surface area contributed by atoms with Crippen molar-refractivity contribution in [2.75, 3.05) is 7.11 Å². The van der Waals surface area contributed by atoms with E-state index in [9.17, 15) is 13.2 Å². The molecule has 0 saturated heterocycles. The Morgan fingerprint density at radius 2 is 1.82 bits per heavy atom. The summed E-state index contributed by atoms with van der Waals surface area (Å²) in [5, 5.41) is 0. The van der Waals surface area contributed by atoms with E-state index in [0.717, 1.165) is 18.4 Å². The molecule has 0 bridgehead atoms. The molecule has 1 N–H and O–H groups in total. The van der Waals surface area contributed by atoms with Gasteiger partial charge >= 0.3 is 5.97 Å². The van der Waals surface area contributed by atoms with Crippen molar-refractivity contribution in [1.29, 1.82) is 0 Å². The number of benzene rings is 2. The standard InChI is InChI=1S/C22H27NO4S/c1-4-20(18-12-11-16-7-5-6-8-17(16)13-18)23-28(25,26)21-14-19(22(24)27-3)10-9-15(21)2/h9-14,20,23H,4-8H2,1-3H3. The van der Waals surface area contributed by atoms with Crippen LogP contribution in [0.1, 0.15) is 64.8 Å². The highest BCUT2D eigenvalue weighted by Gasteiger charge is 2.24. The number of sulfonamides is 1. The van der Waals surface area contributed by atoms with Crippen LogP contribution in [0.2, 0.25) is 0 Å². The molecule has 28 heavy (non-hydrogen) atoms. The summed E-state index contributed by atoms with van der Waals surface area (Å²) in [5.41, 5.74) is 4.48. The molecule has 0 aromatic heterocycles. The van der Waals surface area contributed by atoms with Gasteiger partial charge in [0.2, 0.25) is 10.0 Å². The predicted molar refractivity (Wildman–Crippen MR) is 109 cm³/mol. The number of nitrogens with one attached hydrogen (secondary N) is 1. The highest BCUT2D eigenvalue weighted by atomic mass is 32.2. The molecule has 3 rings (SSSR count). The zero-order valence-corrected chi connectivity index (χ0v) is 17.4. The van der Waals surface area contributed by atoms with E-state index in [2.05, 4.69) is 16.9 Å². The average Bonchev–Trinajstić information content (AvgIpc) is 2.71. The fraction of sp³-hybridized carbons (Fsp3) is 0.409. The SMILES string of the molecule is CCC(NS(=O)(=O)c1cc(C(=O)OC)ccc1C)c1ccc2c(c1)CCCC2. The van der Waals surface area contributed by atoms with Gasteiger partial charge in [-0.3, -0.25) is 0 Å². The van der Waals surface area contributed by atoms with Crippen molar-refractivity contribution in [2.24, 2.45) is 0 Å². The molecule has 0 spiro atoms. The maximum atomic E-state index is 13.1. The number of carbonyl (C=O) groups excluding carboxylic acids is 1. The van der Waals surface area contributed by atoms with Crippen LogP contribution in [-0.4, -0.2) is 21.5 Å². The fourth-order valence-corrected chi connectivity index (χ4v) is 5.32. The van der Waals surface area contributed by atoms with Gasteiger partial charge in [0.05, 0.1) is 17.6 Å². The van der Waals surface area contributed by atoms with E-state index in [1.807, 2.05) is 13.0 Å². The normalized spacial score (nSPS) is 15.0. The molecule has 2 aromatic carbocycles. The monoisotopic (exact) mass is 401 g/mol. The number of hydrogen-bond donors (Lipinski definition) is 1. The van der Waals surface area contributed by atoms with Crippen molar-refractivity contribution in [1.82, 2.24) is 4.72 Å². The topological polar surface area (TPSA) is 72.5 Å². The second-order valence-corrected chi connectivity index (χ2v) is 8.97. The van der Waals surface area contributed by atoms with E-state index < -0.39 is 16.0 Å². The lowest BCUT2D eigenvalue weighted by molar-refractivity contribution is 0.0600. The zero-order chi connectivity index (χ0) is 20.3. The van der Waals surface area contributed by atoms with Crippen LogP contribution in [-0.2, 0) is 27.6 Å². The molecule has 0 saturated carbocycles. The van der Waals surface area contributed by atoms with Crippen molar-refractivity contribution in [3.05, 3.63) is 64.2 Å². The van der Waals surface area contributed by atoms with Gasteiger partial charge < -0.3 is 4.74 Å². The molecule has 1 aliphatic rings. The second kappa shape index (κ2) is 8.45. The maximum absolute atomic E-state index is 13.1. The summed E-state index contributed by atoms with van der Waals surface area (Å²) < 4.78 is 33.7. The summed E-state index contributed by atoms with van der Waals surface area (Å²) in [6, 6.07) is 10.6. The molecule has 0 aliphatic heterocycles. The molecule has 0 radical (unpaired) electrons. The smallest absolute Gasteiger partial charge is 0.337 e. The van der Waals surface area contributed by atoms with E-state index >= 15 is 0 Å². The third kappa shape index (κ3) is 4.28. The molecule has 1 unspecified atom stereocenters. The Hall–Kier alpha value is -2.18. The first kappa shape index (κ1) is 20.6. The van der Waals surface area contributed by atoms with Gasteiger partial charge in [-0.25, -0.2) is 17.9 Å². The van der Waals surface area contributed by atoms with Crippen molar-refractivity contribution in [2.45, 2.75) is 56.9 Å². The molecule has 5 nitrogen and oxygen atoms in total. The van der Waals surface area contributed by atoms with Gasteiger partial charge in [0.15, 0.2) is 0 Å². The Kier molecular flexibility index (Phi) is 6.20. The average molecular weight is 402 g/mol. The lowest BCUT2D eigenvalue weighted by Crippen LogP contribution is -2.29. The van der Waals surface area contributed by atoms with Crippen molar-refractivity contribution in [3.8, 4) is 0 Å². The summed E-state index contributed by atoms with van der Waals surface area (Å²) in [4.78, 5) is 11.9. The lowest BCUT2D eigenvalue weighted by Gasteiger charge is -2.22.